The zero-order chi connectivity index (χ0) is 16.7. The van der Waals surface area contributed by atoms with Gasteiger partial charge >= 0.3 is 0 Å². The van der Waals surface area contributed by atoms with Crippen molar-refractivity contribution in [2.75, 3.05) is 38.2 Å². The summed E-state index contributed by atoms with van der Waals surface area (Å²) in [6.45, 7) is 4.82. The van der Waals surface area contributed by atoms with E-state index in [4.69, 9.17) is 21.4 Å². The summed E-state index contributed by atoms with van der Waals surface area (Å²) in [5.41, 5.74) is 1.77. The second-order valence-corrected chi connectivity index (χ2v) is 6.37. The number of halogens is 1. The molecule has 6 heteroatoms. The number of carbonyl (C=O) groups is 1. The number of ether oxygens (including phenoxy) is 1. The molecule has 1 aromatic rings. The van der Waals surface area contributed by atoms with Crippen molar-refractivity contribution in [3.8, 4) is 0 Å². The maximum absolute atomic E-state index is 12.2. The molecule has 0 saturated carbocycles. The van der Waals surface area contributed by atoms with Gasteiger partial charge in [-0.15, -0.1) is 0 Å². The molecule has 0 atom stereocenters. The first kappa shape index (κ1) is 18.2. The lowest BCUT2D eigenvalue weighted by Crippen LogP contribution is -2.41. The molecule has 1 aromatic carbocycles. The van der Waals surface area contributed by atoms with Crippen molar-refractivity contribution >= 4 is 23.2 Å². The second-order valence-electron chi connectivity index (χ2n) is 5.93. The van der Waals surface area contributed by atoms with Crippen LogP contribution in [0.1, 0.15) is 24.8 Å². The van der Waals surface area contributed by atoms with Gasteiger partial charge < -0.3 is 15.2 Å². The van der Waals surface area contributed by atoms with Crippen LogP contribution in [0.15, 0.2) is 18.2 Å². The van der Waals surface area contributed by atoms with Crippen LogP contribution in [-0.4, -0.2) is 54.9 Å². The quantitative estimate of drug-likeness (QED) is 0.748. The number of hydrogen-bond acceptors (Lipinski definition) is 4. The molecule has 0 aliphatic carbocycles. The number of nitrogens with one attached hydrogen (secondary N) is 1. The number of anilines is 1. The van der Waals surface area contributed by atoms with Crippen molar-refractivity contribution in [3.05, 3.63) is 28.8 Å². The summed E-state index contributed by atoms with van der Waals surface area (Å²) in [5.74, 6) is -0.00456. The van der Waals surface area contributed by atoms with E-state index >= 15 is 0 Å². The molecule has 2 rings (SSSR count). The summed E-state index contributed by atoms with van der Waals surface area (Å²) < 4.78 is 5.70. The van der Waals surface area contributed by atoms with Gasteiger partial charge in [-0.05, 0) is 49.9 Å². The zero-order valence-corrected chi connectivity index (χ0v) is 14.3. The van der Waals surface area contributed by atoms with Gasteiger partial charge in [0.15, 0.2) is 0 Å². The zero-order valence-electron chi connectivity index (χ0n) is 13.6. The van der Waals surface area contributed by atoms with Crippen LogP contribution in [0.3, 0.4) is 0 Å². The molecule has 0 spiro atoms. The van der Waals surface area contributed by atoms with Crippen LogP contribution >= 0.6 is 11.6 Å². The average molecular weight is 341 g/mol. The van der Waals surface area contributed by atoms with E-state index in [1.807, 2.05) is 19.1 Å². The number of aliphatic hydroxyl groups excluding tert-OH is 1. The molecule has 0 aromatic heterocycles. The van der Waals surface area contributed by atoms with Gasteiger partial charge in [-0.1, -0.05) is 11.6 Å². The lowest BCUT2D eigenvalue weighted by molar-refractivity contribution is -0.118. The van der Waals surface area contributed by atoms with E-state index < -0.39 is 0 Å². The summed E-state index contributed by atoms with van der Waals surface area (Å²) in [6.07, 6.45) is 2.79. The van der Waals surface area contributed by atoms with Gasteiger partial charge in [0.05, 0.1) is 12.6 Å². The lowest BCUT2D eigenvalue weighted by Gasteiger charge is -2.31. The molecule has 5 nitrogen and oxygen atoms in total. The monoisotopic (exact) mass is 340 g/mol. The van der Waals surface area contributed by atoms with Crippen molar-refractivity contribution in [3.63, 3.8) is 0 Å². The number of rotatable bonds is 7. The Morgan fingerprint density at radius 3 is 2.83 bits per heavy atom. The Morgan fingerprint density at radius 1 is 1.43 bits per heavy atom. The van der Waals surface area contributed by atoms with Gasteiger partial charge in [0.25, 0.3) is 0 Å². The van der Waals surface area contributed by atoms with E-state index in [1.165, 1.54) is 0 Å². The maximum atomic E-state index is 12.2. The highest BCUT2D eigenvalue weighted by Crippen LogP contribution is 2.20. The Bertz CT molecular complexity index is 517. The number of likely N-dealkylation sites (tertiary alicyclic amines) is 1. The number of benzene rings is 1. The normalized spacial score (nSPS) is 16.5. The van der Waals surface area contributed by atoms with Gasteiger partial charge in [0.1, 0.15) is 0 Å². The Kier molecular flexibility index (Phi) is 7.30. The van der Waals surface area contributed by atoms with Crippen molar-refractivity contribution < 1.29 is 14.6 Å². The largest absolute Gasteiger partial charge is 0.396 e. The Morgan fingerprint density at radius 2 is 2.17 bits per heavy atom. The smallest absolute Gasteiger partial charge is 0.238 e. The molecule has 1 aliphatic rings. The first-order valence-corrected chi connectivity index (χ1v) is 8.47. The van der Waals surface area contributed by atoms with Crippen molar-refractivity contribution in [2.45, 2.75) is 32.3 Å². The number of piperidine rings is 1. The third-order valence-electron chi connectivity index (χ3n) is 4.02. The number of nitrogens with zero attached hydrogens (tertiary/aromatic N) is 1. The number of amides is 1. The number of aryl methyl sites for hydroxylation is 1. The first-order valence-electron chi connectivity index (χ1n) is 8.09. The molecule has 1 fully saturated rings. The average Bonchev–Trinajstić information content (AvgIpc) is 2.52. The lowest BCUT2D eigenvalue weighted by atomic mass is 10.1. The molecule has 23 heavy (non-hydrogen) atoms. The highest BCUT2D eigenvalue weighted by atomic mass is 35.5. The Balaban J connectivity index is 1.72. The third-order valence-corrected chi connectivity index (χ3v) is 4.26. The van der Waals surface area contributed by atoms with Crippen molar-refractivity contribution in [1.29, 1.82) is 0 Å². The van der Waals surface area contributed by atoms with Gasteiger partial charge in [-0.25, -0.2) is 0 Å². The van der Waals surface area contributed by atoms with Crippen molar-refractivity contribution in [1.82, 2.24) is 4.90 Å². The SMILES string of the molecule is Cc1cc(Cl)ccc1NC(=O)CN1CCC(OCCCO)CC1. The minimum absolute atomic E-state index is 0.00456. The highest BCUT2D eigenvalue weighted by molar-refractivity contribution is 6.30. The minimum atomic E-state index is -0.00456. The Labute approximate surface area is 142 Å². The predicted molar refractivity (Wildman–Crippen MR) is 91.9 cm³/mol. The number of hydrogen-bond donors (Lipinski definition) is 2. The van der Waals surface area contributed by atoms with E-state index in [-0.39, 0.29) is 18.6 Å². The van der Waals surface area contributed by atoms with Crippen LogP contribution in [0.4, 0.5) is 5.69 Å². The minimum Gasteiger partial charge on any atom is -0.396 e. The number of aliphatic hydroxyl groups is 1. The van der Waals surface area contributed by atoms with Gasteiger partial charge in [-0.3, -0.25) is 9.69 Å². The molecule has 0 bridgehead atoms. The maximum Gasteiger partial charge on any atom is 0.238 e. The second kappa shape index (κ2) is 9.23. The molecule has 2 N–H and O–H groups in total. The number of carbonyl (C=O) groups excluding carboxylic acids is 1. The van der Waals surface area contributed by atoms with Gasteiger partial charge in [0, 0.05) is 37.0 Å². The fraction of sp³-hybridized carbons (Fsp3) is 0.588. The molecule has 1 amide bonds. The molecular weight excluding hydrogens is 316 g/mol. The van der Waals surface area contributed by atoms with E-state index in [0.717, 1.165) is 37.2 Å². The van der Waals surface area contributed by atoms with Gasteiger partial charge in [-0.2, -0.15) is 0 Å². The molecule has 1 saturated heterocycles. The summed E-state index contributed by atoms with van der Waals surface area (Å²) in [7, 11) is 0. The summed E-state index contributed by atoms with van der Waals surface area (Å²) >= 11 is 5.92. The standard InChI is InChI=1S/C17H25ClN2O3/c1-13-11-14(18)3-4-16(13)19-17(22)12-20-7-5-15(6-8-20)23-10-2-9-21/h3-4,11,15,21H,2,5-10,12H2,1H3,(H,19,22). The molecule has 0 radical (unpaired) electrons. The molecular formula is C17H25ClN2O3. The molecule has 1 aliphatic heterocycles. The van der Waals surface area contributed by atoms with Crippen LogP contribution < -0.4 is 5.32 Å². The van der Waals surface area contributed by atoms with Crippen LogP contribution in [0.5, 0.6) is 0 Å². The van der Waals surface area contributed by atoms with Crippen LogP contribution in [0.25, 0.3) is 0 Å². The third kappa shape index (κ3) is 6.11. The summed E-state index contributed by atoms with van der Waals surface area (Å²) in [4.78, 5) is 14.3. The molecule has 128 valence electrons. The Hall–Kier alpha value is -1.14. The van der Waals surface area contributed by atoms with Crippen LogP contribution in [0, 0.1) is 6.92 Å². The van der Waals surface area contributed by atoms with E-state index in [2.05, 4.69) is 10.2 Å². The highest BCUT2D eigenvalue weighted by Gasteiger charge is 2.21. The molecule has 1 heterocycles. The van der Waals surface area contributed by atoms with Gasteiger partial charge in [0.2, 0.25) is 5.91 Å². The van der Waals surface area contributed by atoms with E-state index in [9.17, 15) is 4.79 Å². The van der Waals surface area contributed by atoms with Crippen LogP contribution in [-0.2, 0) is 9.53 Å². The van der Waals surface area contributed by atoms with Crippen LogP contribution in [0.2, 0.25) is 5.02 Å². The van der Waals surface area contributed by atoms with Crippen molar-refractivity contribution in [2.24, 2.45) is 0 Å². The summed E-state index contributed by atoms with van der Waals surface area (Å²) in [6, 6.07) is 5.45. The topological polar surface area (TPSA) is 61.8 Å². The van der Waals surface area contributed by atoms with E-state index in [0.29, 0.717) is 24.6 Å². The fourth-order valence-electron chi connectivity index (χ4n) is 2.71. The molecule has 0 unspecified atom stereocenters. The first-order chi connectivity index (χ1) is 11.1. The van der Waals surface area contributed by atoms with E-state index in [1.54, 1.807) is 6.07 Å². The predicted octanol–water partition coefficient (Wildman–Crippen LogP) is 2.45. The summed E-state index contributed by atoms with van der Waals surface area (Å²) in [5, 5.41) is 12.4. The fourth-order valence-corrected chi connectivity index (χ4v) is 2.94.